The van der Waals surface area contributed by atoms with Gasteiger partial charge in [-0.3, -0.25) is 4.79 Å². The van der Waals surface area contributed by atoms with Crippen molar-refractivity contribution < 1.29 is 4.79 Å². The minimum Gasteiger partial charge on any atom is -0.362 e. The van der Waals surface area contributed by atoms with Gasteiger partial charge in [-0.05, 0) is 49.4 Å². The predicted octanol–water partition coefficient (Wildman–Crippen LogP) is 4.66. The van der Waals surface area contributed by atoms with Crippen LogP contribution in [-0.4, -0.2) is 34.6 Å². The molecule has 1 fully saturated rings. The monoisotopic (exact) mass is 486 g/mol. The molecular weight excluding hydrogens is 464 g/mol. The SMILES string of the molecule is CC(Nc1cc(NC(=O)Cc2ncn3ccc(Cl)cc23)ncn1)c1cn2cc(C3CC3)ccc2n1. The normalized spacial score (nSPS) is 14.3. The number of carbonyl (C=O) groups is 1. The first-order valence-corrected chi connectivity index (χ1v) is 11.9. The van der Waals surface area contributed by atoms with Crippen molar-refractivity contribution in [1.29, 1.82) is 0 Å². The lowest BCUT2D eigenvalue weighted by atomic mass is 10.2. The molecule has 0 bridgehead atoms. The summed E-state index contributed by atoms with van der Waals surface area (Å²) in [6.07, 6.45) is 11.7. The number of nitrogens with zero attached hydrogens (tertiary/aromatic N) is 6. The molecule has 5 aromatic heterocycles. The van der Waals surface area contributed by atoms with E-state index in [0.29, 0.717) is 28.3 Å². The zero-order chi connectivity index (χ0) is 23.9. The van der Waals surface area contributed by atoms with E-state index >= 15 is 0 Å². The van der Waals surface area contributed by atoms with Crippen molar-refractivity contribution in [1.82, 2.24) is 28.7 Å². The second-order valence-electron chi connectivity index (χ2n) is 8.88. The van der Waals surface area contributed by atoms with E-state index in [1.807, 2.05) is 23.7 Å². The highest BCUT2D eigenvalue weighted by molar-refractivity contribution is 6.30. The first kappa shape index (κ1) is 21.5. The Labute approximate surface area is 206 Å². The van der Waals surface area contributed by atoms with Crippen LogP contribution >= 0.6 is 11.6 Å². The van der Waals surface area contributed by atoms with E-state index in [0.717, 1.165) is 16.9 Å². The minimum atomic E-state index is -0.227. The smallest absolute Gasteiger partial charge is 0.231 e. The maximum Gasteiger partial charge on any atom is 0.231 e. The van der Waals surface area contributed by atoms with Crippen LogP contribution in [0, 0.1) is 0 Å². The van der Waals surface area contributed by atoms with Gasteiger partial charge in [0, 0.05) is 29.7 Å². The number of carbonyl (C=O) groups excluding carboxylic acids is 1. The Kier molecular flexibility index (Phi) is 5.33. The molecule has 1 unspecified atom stereocenters. The third kappa shape index (κ3) is 4.54. The van der Waals surface area contributed by atoms with E-state index in [-0.39, 0.29) is 18.4 Å². The van der Waals surface area contributed by atoms with Gasteiger partial charge in [0.15, 0.2) is 0 Å². The molecule has 0 radical (unpaired) electrons. The number of pyridine rings is 2. The first-order valence-electron chi connectivity index (χ1n) is 11.5. The number of imidazole rings is 2. The fraction of sp³-hybridized carbons (Fsp3) is 0.240. The van der Waals surface area contributed by atoms with Gasteiger partial charge in [0.05, 0.1) is 35.7 Å². The molecule has 1 aliphatic carbocycles. The first-order chi connectivity index (χ1) is 17.0. The van der Waals surface area contributed by atoms with Crippen LogP contribution in [0.4, 0.5) is 11.6 Å². The molecule has 0 spiro atoms. The summed E-state index contributed by atoms with van der Waals surface area (Å²) in [5.41, 5.74) is 4.63. The molecule has 0 aliphatic heterocycles. The average Bonchev–Trinajstić information content (AvgIpc) is 3.49. The summed E-state index contributed by atoms with van der Waals surface area (Å²) in [5, 5.41) is 6.77. The van der Waals surface area contributed by atoms with Gasteiger partial charge in [-0.2, -0.15) is 0 Å². The fourth-order valence-electron chi connectivity index (χ4n) is 4.19. The van der Waals surface area contributed by atoms with Crippen LogP contribution in [0.25, 0.3) is 11.2 Å². The Bertz CT molecular complexity index is 1550. The number of hydrogen-bond acceptors (Lipinski definition) is 6. The molecule has 5 heterocycles. The number of nitrogens with one attached hydrogen (secondary N) is 2. The lowest BCUT2D eigenvalue weighted by Gasteiger charge is -2.12. The van der Waals surface area contributed by atoms with Crippen molar-refractivity contribution in [2.45, 2.75) is 38.1 Å². The predicted molar refractivity (Wildman–Crippen MR) is 134 cm³/mol. The summed E-state index contributed by atoms with van der Waals surface area (Å²) in [7, 11) is 0. The molecular formula is C25H23ClN8O. The summed E-state index contributed by atoms with van der Waals surface area (Å²) in [6.45, 7) is 2.03. The summed E-state index contributed by atoms with van der Waals surface area (Å²) in [4.78, 5) is 30.2. The van der Waals surface area contributed by atoms with Crippen molar-refractivity contribution >= 4 is 40.3 Å². The Morgan fingerprint density at radius 2 is 1.97 bits per heavy atom. The Morgan fingerprint density at radius 1 is 1.11 bits per heavy atom. The molecule has 1 saturated carbocycles. The second kappa shape index (κ2) is 8.66. The van der Waals surface area contributed by atoms with E-state index in [1.165, 1.54) is 24.7 Å². The summed E-state index contributed by atoms with van der Waals surface area (Å²) < 4.78 is 3.91. The number of rotatable bonds is 7. The van der Waals surface area contributed by atoms with Gasteiger partial charge in [-0.15, -0.1) is 0 Å². The van der Waals surface area contributed by atoms with Gasteiger partial charge in [0.25, 0.3) is 0 Å². The number of fused-ring (bicyclic) bond motifs is 2. The molecule has 5 aromatic rings. The molecule has 6 rings (SSSR count). The van der Waals surface area contributed by atoms with Crippen LogP contribution < -0.4 is 10.6 Å². The molecule has 176 valence electrons. The maximum absolute atomic E-state index is 12.7. The van der Waals surface area contributed by atoms with Gasteiger partial charge in [0.2, 0.25) is 5.91 Å². The van der Waals surface area contributed by atoms with Crippen molar-refractivity contribution in [3.63, 3.8) is 0 Å². The molecule has 0 aromatic carbocycles. The van der Waals surface area contributed by atoms with Crippen molar-refractivity contribution in [2.75, 3.05) is 10.6 Å². The maximum atomic E-state index is 12.7. The largest absolute Gasteiger partial charge is 0.362 e. The second-order valence-corrected chi connectivity index (χ2v) is 9.31. The highest BCUT2D eigenvalue weighted by atomic mass is 35.5. The summed E-state index contributed by atoms with van der Waals surface area (Å²) >= 11 is 6.09. The van der Waals surface area contributed by atoms with Crippen molar-refractivity contribution in [3.05, 3.63) is 83.6 Å². The van der Waals surface area contributed by atoms with Gasteiger partial charge in [0.1, 0.15) is 23.6 Å². The van der Waals surface area contributed by atoms with E-state index in [9.17, 15) is 4.79 Å². The molecule has 1 atom stereocenters. The van der Waals surface area contributed by atoms with Gasteiger partial charge in [-0.1, -0.05) is 17.7 Å². The number of amides is 1. The van der Waals surface area contributed by atoms with Crippen LogP contribution in [0.15, 0.2) is 61.6 Å². The molecule has 35 heavy (non-hydrogen) atoms. The van der Waals surface area contributed by atoms with E-state index in [4.69, 9.17) is 16.6 Å². The van der Waals surface area contributed by atoms with E-state index in [1.54, 1.807) is 24.5 Å². The minimum absolute atomic E-state index is 0.0839. The van der Waals surface area contributed by atoms with Gasteiger partial charge < -0.3 is 19.4 Å². The van der Waals surface area contributed by atoms with Crippen molar-refractivity contribution in [2.24, 2.45) is 0 Å². The Morgan fingerprint density at radius 3 is 2.83 bits per heavy atom. The Hall–Kier alpha value is -3.98. The van der Waals surface area contributed by atoms with Gasteiger partial charge >= 0.3 is 0 Å². The lowest BCUT2D eigenvalue weighted by Crippen LogP contribution is -2.16. The third-order valence-corrected chi connectivity index (χ3v) is 6.43. The van der Waals surface area contributed by atoms with E-state index in [2.05, 4.69) is 48.3 Å². The van der Waals surface area contributed by atoms with Crippen LogP contribution in [0.1, 0.15) is 48.7 Å². The average molecular weight is 487 g/mol. The fourth-order valence-corrected chi connectivity index (χ4v) is 4.35. The topological polar surface area (TPSA) is 102 Å². The highest BCUT2D eigenvalue weighted by Gasteiger charge is 2.24. The third-order valence-electron chi connectivity index (χ3n) is 6.19. The molecule has 1 amide bonds. The number of aromatic nitrogens is 6. The zero-order valence-electron chi connectivity index (χ0n) is 19.0. The molecule has 9 nitrogen and oxygen atoms in total. The molecule has 2 N–H and O–H groups in total. The summed E-state index contributed by atoms with van der Waals surface area (Å²) in [5.74, 6) is 1.47. The van der Waals surface area contributed by atoms with Crippen LogP contribution in [0.5, 0.6) is 0 Å². The highest BCUT2D eigenvalue weighted by Crippen LogP contribution is 2.40. The van der Waals surface area contributed by atoms with Crippen LogP contribution in [-0.2, 0) is 11.2 Å². The summed E-state index contributed by atoms with van der Waals surface area (Å²) in [6, 6.07) is 9.42. The number of hydrogen-bond donors (Lipinski definition) is 2. The molecule has 0 saturated heterocycles. The van der Waals surface area contributed by atoms with E-state index < -0.39 is 0 Å². The van der Waals surface area contributed by atoms with Crippen LogP contribution in [0.3, 0.4) is 0 Å². The van der Waals surface area contributed by atoms with Crippen molar-refractivity contribution in [3.8, 4) is 0 Å². The molecule has 1 aliphatic rings. The lowest BCUT2D eigenvalue weighted by molar-refractivity contribution is -0.115. The quantitative estimate of drug-likeness (QED) is 0.347. The Balaban J connectivity index is 1.13. The zero-order valence-corrected chi connectivity index (χ0v) is 19.8. The molecule has 10 heteroatoms. The van der Waals surface area contributed by atoms with Crippen LogP contribution in [0.2, 0.25) is 5.02 Å². The number of halogens is 1. The van der Waals surface area contributed by atoms with Gasteiger partial charge in [-0.25, -0.2) is 19.9 Å². The standard InChI is InChI=1S/C25H23ClN8O/c1-15(20-12-34-11-17(16-2-3-16)4-5-24(34)31-20)30-22-10-23(28-13-27-22)32-25(35)9-19-21-8-18(26)6-7-33(21)14-29-19/h4-8,10-16H,2-3,9H2,1H3,(H2,27,28,30,32,35). The number of anilines is 2.